The molecular weight excluding hydrogens is 418 g/mol. The fraction of sp³-hybridized carbons (Fsp3) is 0.346. The number of hydrogen-bond acceptors (Lipinski definition) is 4. The number of fused-ring (bicyclic) bond motifs is 1. The molecule has 0 aromatic heterocycles. The first kappa shape index (κ1) is 22.2. The van der Waals surface area contributed by atoms with Gasteiger partial charge in [-0.2, -0.15) is 0 Å². The highest BCUT2D eigenvalue weighted by atomic mass is 32.1. The van der Waals surface area contributed by atoms with Gasteiger partial charge in [0.05, 0.1) is 5.69 Å². The van der Waals surface area contributed by atoms with Gasteiger partial charge in [0.15, 0.2) is 5.11 Å². The summed E-state index contributed by atoms with van der Waals surface area (Å²) in [6, 6.07) is 11.9. The number of carbonyl (C=O) groups excluding carboxylic acids is 2. The van der Waals surface area contributed by atoms with Crippen molar-refractivity contribution >= 4 is 46.6 Å². The minimum Gasteiger partial charge on any atom is -0.369 e. The SMILES string of the molecule is Cc1ccc(N2C(=O)/C(=C/c3ccc4c(c3)[C@@H](C)CC(C)(C)N4C)C(=O)NC2=S)c(C)c1. The van der Waals surface area contributed by atoms with E-state index >= 15 is 0 Å². The molecule has 2 heterocycles. The summed E-state index contributed by atoms with van der Waals surface area (Å²) in [5.41, 5.74) is 6.10. The van der Waals surface area contributed by atoms with Gasteiger partial charge in [-0.1, -0.05) is 30.7 Å². The van der Waals surface area contributed by atoms with Gasteiger partial charge in [0.25, 0.3) is 11.8 Å². The summed E-state index contributed by atoms with van der Waals surface area (Å²) < 4.78 is 0. The Bertz CT molecular complexity index is 1180. The van der Waals surface area contributed by atoms with E-state index in [-0.39, 0.29) is 16.2 Å². The molecule has 0 aliphatic carbocycles. The van der Waals surface area contributed by atoms with Crippen molar-refractivity contribution in [3.63, 3.8) is 0 Å². The molecule has 2 aromatic rings. The quantitative estimate of drug-likeness (QED) is 0.406. The fourth-order valence-electron chi connectivity index (χ4n) is 4.78. The van der Waals surface area contributed by atoms with Crippen LogP contribution in [-0.2, 0) is 9.59 Å². The van der Waals surface area contributed by atoms with E-state index in [1.807, 2.05) is 38.1 Å². The summed E-state index contributed by atoms with van der Waals surface area (Å²) in [5, 5.41) is 2.78. The van der Waals surface area contributed by atoms with E-state index in [1.165, 1.54) is 16.2 Å². The summed E-state index contributed by atoms with van der Waals surface area (Å²) in [6.07, 6.45) is 2.70. The van der Waals surface area contributed by atoms with Crippen molar-refractivity contribution in [3.8, 4) is 0 Å². The number of benzene rings is 2. The zero-order valence-corrected chi connectivity index (χ0v) is 20.3. The second-order valence-electron chi connectivity index (χ2n) is 9.54. The molecule has 2 aliphatic rings. The van der Waals surface area contributed by atoms with Gasteiger partial charge in [-0.05, 0) is 93.2 Å². The first-order valence-corrected chi connectivity index (χ1v) is 11.3. The molecule has 0 saturated carbocycles. The molecule has 4 rings (SSSR count). The van der Waals surface area contributed by atoms with Gasteiger partial charge in [-0.15, -0.1) is 0 Å². The third-order valence-electron chi connectivity index (χ3n) is 6.66. The predicted octanol–water partition coefficient (Wildman–Crippen LogP) is 4.86. The van der Waals surface area contributed by atoms with Crippen LogP contribution in [0.15, 0.2) is 42.0 Å². The normalized spacial score (nSPS) is 21.6. The van der Waals surface area contributed by atoms with Crippen LogP contribution in [0.1, 0.15) is 55.4 Å². The Hall–Kier alpha value is -2.99. The minimum absolute atomic E-state index is 0.0771. The standard InChI is InChI=1S/C26H29N3O2S/c1-15-7-9-21(16(2)11-15)29-24(31)20(23(30)27-25(29)32)13-18-8-10-22-19(12-18)17(3)14-26(4,5)28(22)6/h7-13,17H,14H2,1-6H3,(H,27,30,32)/b20-13+/t17-/m0/s1. The molecule has 0 bridgehead atoms. The molecule has 2 amide bonds. The van der Waals surface area contributed by atoms with Gasteiger partial charge in [-0.3, -0.25) is 19.8 Å². The molecular formula is C26H29N3O2S. The van der Waals surface area contributed by atoms with Gasteiger partial charge < -0.3 is 4.90 Å². The molecule has 1 saturated heterocycles. The van der Waals surface area contributed by atoms with Gasteiger partial charge in [0.2, 0.25) is 0 Å². The first-order valence-electron chi connectivity index (χ1n) is 10.9. The van der Waals surface area contributed by atoms with E-state index < -0.39 is 11.8 Å². The molecule has 32 heavy (non-hydrogen) atoms. The monoisotopic (exact) mass is 447 g/mol. The van der Waals surface area contributed by atoms with Crippen LogP contribution in [0.2, 0.25) is 0 Å². The molecule has 2 aromatic carbocycles. The zero-order valence-electron chi connectivity index (χ0n) is 19.4. The van der Waals surface area contributed by atoms with Crippen molar-refractivity contribution in [2.24, 2.45) is 0 Å². The van der Waals surface area contributed by atoms with Crippen LogP contribution in [-0.4, -0.2) is 29.5 Å². The second-order valence-corrected chi connectivity index (χ2v) is 9.93. The van der Waals surface area contributed by atoms with E-state index in [1.54, 1.807) is 6.08 Å². The van der Waals surface area contributed by atoms with E-state index in [0.29, 0.717) is 11.6 Å². The Balaban J connectivity index is 1.74. The third-order valence-corrected chi connectivity index (χ3v) is 6.95. The van der Waals surface area contributed by atoms with Crippen LogP contribution >= 0.6 is 12.2 Å². The first-order chi connectivity index (χ1) is 15.0. The zero-order chi connectivity index (χ0) is 23.4. The van der Waals surface area contributed by atoms with E-state index in [4.69, 9.17) is 12.2 Å². The van der Waals surface area contributed by atoms with Gasteiger partial charge in [-0.25, -0.2) is 0 Å². The molecule has 0 radical (unpaired) electrons. The maximum absolute atomic E-state index is 13.4. The maximum Gasteiger partial charge on any atom is 0.270 e. The smallest absolute Gasteiger partial charge is 0.270 e. The largest absolute Gasteiger partial charge is 0.369 e. The third kappa shape index (κ3) is 3.73. The van der Waals surface area contributed by atoms with Crippen molar-refractivity contribution in [2.45, 2.75) is 52.5 Å². The molecule has 5 nitrogen and oxygen atoms in total. The van der Waals surface area contributed by atoms with Crippen LogP contribution in [0.25, 0.3) is 6.08 Å². The molecule has 166 valence electrons. The van der Waals surface area contributed by atoms with Crippen molar-refractivity contribution in [3.05, 3.63) is 64.2 Å². The number of carbonyl (C=O) groups is 2. The van der Waals surface area contributed by atoms with Gasteiger partial charge >= 0.3 is 0 Å². The Morgan fingerprint density at radius 3 is 2.47 bits per heavy atom. The number of nitrogens with one attached hydrogen (secondary N) is 1. The van der Waals surface area contributed by atoms with Crippen LogP contribution in [0.4, 0.5) is 11.4 Å². The van der Waals surface area contributed by atoms with E-state index in [2.05, 4.69) is 50.2 Å². The van der Waals surface area contributed by atoms with Gasteiger partial charge in [0.1, 0.15) is 5.57 Å². The summed E-state index contributed by atoms with van der Waals surface area (Å²) in [6.45, 7) is 10.6. The molecule has 1 atom stereocenters. The average molecular weight is 448 g/mol. The topological polar surface area (TPSA) is 52.7 Å². The predicted molar refractivity (Wildman–Crippen MR) is 134 cm³/mol. The summed E-state index contributed by atoms with van der Waals surface area (Å²) in [7, 11) is 2.11. The lowest BCUT2D eigenvalue weighted by atomic mass is 9.80. The fourth-order valence-corrected chi connectivity index (χ4v) is 5.06. The average Bonchev–Trinajstić information content (AvgIpc) is 2.70. The Labute approximate surface area is 195 Å². The molecule has 6 heteroatoms. The molecule has 2 aliphatic heterocycles. The van der Waals surface area contributed by atoms with Crippen molar-refractivity contribution < 1.29 is 9.59 Å². The lowest BCUT2D eigenvalue weighted by Gasteiger charge is -2.45. The lowest BCUT2D eigenvalue weighted by Crippen LogP contribution is -2.54. The number of nitrogens with zero attached hydrogens (tertiary/aromatic N) is 2. The van der Waals surface area contributed by atoms with Gasteiger partial charge in [0, 0.05) is 18.3 Å². The molecule has 1 N–H and O–H groups in total. The number of rotatable bonds is 2. The number of hydrogen-bond donors (Lipinski definition) is 1. The number of anilines is 2. The maximum atomic E-state index is 13.4. The highest BCUT2D eigenvalue weighted by Gasteiger charge is 2.36. The number of amides is 2. The Morgan fingerprint density at radius 2 is 1.78 bits per heavy atom. The van der Waals surface area contributed by atoms with E-state index in [0.717, 1.165) is 23.1 Å². The summed E-state index contributed by atoms with van der Waals surface area (Å²) in [4.78, 5) is 29.8. The van der Waals surface area contributed by atoms with Crippen LogP contribution < -0.4 is 15.1 Å². The highest BCUT2D eigenvalue weighted by molar-refractivity contribution is 7.80. The van der Waals surface area contributed by atoms with Crippen LogP contribution in [0, 0.1) is 13.8 Å². The van der Waals surface area contributed by atoms with Crippen molar-refractivity contribution in [2.75, 3.05) is 16.8 Å². The van der Waals surface area contributed by atoms with E-state index in [9.17, 15) is 9.59 Å². The minimum atomic E-state index is -0.468. The summed E-state index contributed by atoms with van der Waals surface area (Å²) in [5.74, 6) is -0.496. The Morgan fingerprint density at radius 1 is 1.09 bits per heavy atom. The summed E-state index contributed by atoms with van der Waals surface area (Å²) >= 11 is 5.34. The Kier molecular flexibility index (Phi) is 5.45. The molecule has 0 spiro atoms. The second kappa shape index (κ2) is 7.85. The highest BCUT2D eigenvalue weighted by Crippen LogP contribution is 2.42. The lowest BCUT2D eigenvalue weighted by molar-refractivity contribution is -0.122. The van der Waals surface area contributed by atoms with Crippen LogP contribution in [0.3, 0.4) is 0 Å². The molecule has 1 fully saturated rings. The molecule has 0 unspecified atom stereocenters. The van der Waals surface area contributed by atoms with Crippen molar-refractivity contribution in [1.29, 1.82) is 0 Å². The number of aryl methyl sites for hydroxylation is 2. The van der Waals surface area contributed by atoms with Crippen LogP contribution in [0.5, 0.6) is 0 Å². The van der Waals surface area contributed by atoms with Crippen molar-refractivity contribution in [1.82, 2.24) is 5.32 Å². The number of thiocarbonyl (C=S) groups is 1.